The van der Waals surface area contributed by atoms with E-state index in [2.05, 4.69) is 22.0 Å². The molecule has 3 N–H and O–H groups in total. The van der Waals surface area contributed by atoms with Crippen molar-refractivity contribution < 1.29 is 10.2 Å². The number of aliphatic hydroxyl groups is 1. The Bertz CT molecular complexity index is 606. The number of phenolic OH excluding ortho intramolecular Hbond substituents is 1. The van der Waals surface area contributed by atoms with Gasteiger partial charge in [-0.3, -0.25) is 4.99 Å². The van der Waals surface area contributed by atoms with Crippen LogP contribution in [0.1, 0.15) is 39.0 Å². The average molecular weight is 361 g/mol. The number of anilines is 1. The molecular formula is C20H32N4O2. The lowest BCUT2D eigenvalue weighted by Gasteiger charge is -2.38. The second-order valence-electron chi connectivity index (χ2n) is 7.42. The monoisotopic (exact) mass is 360 g/mol. The zero-order valence-corrected chi connectivity index (χ0v) is 15.8. The molecule has 1 heterocycles. The van der Waals surface area contributed by atoms with Gasteiger partial charge in [0, 0.05) is 32.7 Å². The highest BCUT2D eigenvalue weighted by Gasteiger charge is 2.29. The number of benzene rings is 1. The van der Waals surface area contributed by atoms with Crippen molar-refractivity contribution in [3.63, 3.8) is 0 Å². The van der Waals surface area contributed by atoms with E-state index in [0.717, 1.165) is 70.1 Å². The first-order chi connectivity index (χ1) is 12.6. The molecule has 26 heavy (non-hydrogen) atoms. The van der Waals surface area contributed by atoms with Crippen LogP contribution in [-0.4, -0.2) is 65.9 Å². The Balaban J connectivity index is 1.61. The molecule has 2 aliphatic rings. The molecule has 1 aromatic rings. The first-order valence-electron chi connectivity index (χ1n) is 9.90. The van der Waals surface area contributed by atoms with E-state index >= 15 is 0 Å². The van der Waals surface area contributed by atoms with Gasteiger partial charge in [0.2, 0.25) is 0 Å². The fourth-order valence-corrected chi connectivity index (χ4v) is 3.91. The molecule has 1 saturated heterocycles. The maximum Gasteiger partial charge on any atom is 0.194 e. The third kappa shape index (κ3) is 4.61. The Morgan fingerprint density at radius 3 is 2.46 bits per heavy atom. The van der Waals surface area contributed by atoms with Crippen molar-refractivity contribution in [2.45, 2.75) is 44.6 Å². The van der Waals surface area contributed by atoms with E-state index < -0.39 is 5.60 Å². The summed E-state index contributed by atoms with van der Waals surface area (Å²) < 4.78 is 0. The normalized spacial score (nSPS) is 20.9. The van der Waals surface area contributed by atoms with Crippen molar-refractivity contribution in [1.82, 2.24) is 10.2 Å². The number of nitrogens with one attached hydrogen (secondary N) is 1. The van der Waals surface area contributed by atoms with Gasteiger partial charge in [0.25, 0.3) is 0 Å². The second-order valence-corrected chi connectivity index (χ2v) is 7.42. The summed E-state index contributed by atoms with van der Waals surface area (Å²) in [5.41, 5.74) is 0.266. The van der Waals surface area contributed by atoms with E-state index in [0.29, 0.717) is 12.3 Å². The molecule has 0 amide bonds. The standard InChI is InChI=1S/C20H32N4O2/c1-2-21-19(22-16-20(26)10-6-3-7-11-20)24-14-12-23(13-15-24)17-8-4-5-9-18(17)25/h4-5,8-9,25-26H,2-3,6-7,10-16H2,1H3,(H,21,22). The Hall–Kier alpha value is -1.95. The minimum atomic E-state index is -0.628. The van der Waals surface area contributed by atoms with Crippen molar-refractivity contribution in [2.24, 2.45) is 4.99 Å². The molecule has 0 bridgehead atoms. The number of piperazine rings is 1. The lowest BCUT2D eigenvalue weighted by atomic mass is 9.85. The SMILES string of the molecule is CCNC(=NCC1(O)CCCCC1)N1CCN(c2ccccc2O)CC1. The van der Waals surface area contributed by atoms with Crippen LogP contribution in [0.25, 0.3) is 0 Å². The lowest BCUT2D eigenvalue weighted by Crippen LogP contribution is -2.53. The van der Waals surface area contributed by atoms with Crippen LogP contribution >= 0.6 is 0 Å². The molecule has 1 aliphatic heterocycles. The highest BCUT2D eigenvalue weighted by Crippen LogP contribution is 2.29. The minimum Gasteiger partial charge on any atom is -0.506 e. The second kappa shape index (κ2) is 8.62. The number of aromatic hydroxyl groups is 1. The van der Waals surface area contributed by atoms with Crippen LogP contribution in [0.15, 0.2) is 29.3 Å². The molecule has 144 valence electrons. The number of rotatable bonds is 4. The first kappa shape index (κ1) is 18.8. The van der Waals surface area contributed by atoms with E-state index in [1.807, 2.05) is 18.2 Å². The minimum absolute atomic E-state index is 0.334. The molecule has 0 unspecified atom stereocenters. The number of hydrogen-bond acceptors (Lipinski definition) is 4. The number of nitrogens with zero attached hydrogens (tertiary/aromatic N) is 3. The van der Waals surface area contributed by atoms with Gasteiger partial charge in [-0.05, 0) is 31.9 Å². The quantitative estimate of drug-likeness (QED) is 0.567. The summed E-state index contributed by atoms with van der Waals surface area (Å²) in [7, 11) is 0. The number of hydrogen-bond donors (Lipinski definition) is 3. The van der Waals surface area contributed by atoms with Crippen LogP contribution in [0, 0.1) is 0 Å². The molecule has 0 aromatic heterocycles. The molecule has 0 atom stereocenters. The Morgan fingerprint density at radius 1 is 1.12 bits per heavy atom. The summed E-state index contributed by atoms with van der Waals surface area (Å²) >= 11 is 0. The largest absolute Gasteiger partial charge is 0.506 e. The molecule has 1 saturated carbocycles. The van der Waals surface area contributed by atoms with E-state index in [9.17, 15) is 10.2 Å². The van der Waals surface area contributed by atoms with Gasteiger partial charge in [-0.1, -0.05) is 31.4 Å². The van der Waals surface area contributed by atoms with Crippen molar-refractivity contribution in [3.8, 4) is 5.75 Å². The van der Waals surface area contributed by atoms with Crippen molar-refractivity contribution in [2.75, 3.05) is 44.2 Å². The van der Waals surface area contributed by atoms with Crippen LogP contribution < -0.4 is 10.2 Å². The molecule has 0 radical (unpaired) electrons. The van der Waals surface area contributed by atoms with Crippen molar-refractivity contribution >= 4 is 11.6 Å². The van der Waals surface area contributed by atoms with Gasteiger partial charge >= 0.3 is 0 Å². The summed E-state index contributed by atoms with van der Waals surface area (Å²) in [5, 5.41) is 24.2. The van der Waals surface area contributed by atoms with Gasteiger partial charge in [0.1, 0.15) is 5.75 Å². The van der Waals surface area contributed by atoms with E-state index in [1.165, 1.54) is 6.42 Å². The highest BCUT2D eigenvalue weighted by atomic mass is 16.3. The zero-order chi connectivity index (χ0) is 18.4. The zero-order valence-electron chi connectivity index (χ0n) is 15.8. The molecule has 0 spiro atoms. The fraction of sp³-hybridized carbons (Fsp3) is 0.650. The van der Waals surface area contributed by atoms with Crippen molar-refractivity contribution in [1.29, 1.82) is 0 Å². The van der Waals surface area contributed by atoms with E-state index in [4.69, 9.17) is 4.99 Å². The fourth-order valence-electron chi connectivity index (χ4n) is 3.91. The Kier molecular flexibility index (Phi) is 6.25. The molecule has 6 heteroatoms. The summed E-state index contributed by atoms with van der Waals surface area (Å²) in [6.45, 7) is 6.74. The molecule has 3 rings (SSSR count). The smallest absolute Gasteiger partial charge is 0.194 e. The number of aliphatic imine (C=N–C) groups is 1. The maximum absolute atomic E-state index is 10.7. The topological polar surface area (TPSA) is 71.3 Å². The lowest BCUT2D eigenvalue weighted by molar-refractivity contribution is 0.0129. The maximum atomic E-state index is 10.7. The van der Waals surface area contributed by atoms with Crippen LogP contribution in [0.3, 0.4) is 0 Å². The van der Waals surface area contributed by atoms with Crippen LogP contribution in [0.2, 0.25) is 0 Å². The molecule has 6 nitrogen and oxygen atoms in total. The number of para-hydroxylation sites is 2. The predicted octanol–water partition coefficient (Wildman–Crippen LogP) is 2.17. The molecule has 2 fully saturated rings. The Morgan fingerprint density at radius 2 is 1.81 bits per heavy atom. The average Bonchev–Trinajstić information content (AvgIpc) is 2.66. The van der Waals surface area contributed by atoms with E-state index in [1.54, 1.807) is 6.07 Å². The number of phenols is 1. The van der Waals surface area contributed by atoms with Crippen LogP contribution in [0.5, 0.6) is 5.75 Å². The van der Waals surface area contributed by atoms with Crippen LogP contribution in [-0.2, 0) is 0 Å². The van der Waals surface area contributed by atoms with Gasteiger partial charge in [-0.15, -0.1) is 0 Å². The van der Waals surface area contributed by atoms with E-state index in [-0.39, 0.29) is 0 Å². The predicted molar refractivity (Wildman–Crippen MR) is 106 cm³/mol. The van der Waals surface area contributed by atoms with Gasteiger partial charge < -0.3 is 25.3 Å². The first-order valence-corrected chi connectivity index (χ1v) is 9.90. The van der Waals surface area contributed by atoms with Gasteiger partial charge in [0.05, 0.1) is 17.8 Å². The van der Waals surface area contributed by atoms with Gasteiger partial charge in [-0.25, -0.2) is 0 Å². The molecular weight excluding hydrogens is 328 g/mol. The summed E-state index contributed by atoms with van der Waals surface area (Å²) in [6, 6.07) is 7.50. The molecule has 1 aromatic carbocycles. The van der Waals surface area contributed by atoms with Gasteiger partial charge in [-0.2, -0.15) is 0 Å². The third-order valence-corrected chi connectivity index (χ3v) is 5.44. The molecule has 1 aliphatic carbocycles. The van der Waals surface area contributed by atoms with Gasteiger partial charge in [0.15, 0.2) is 5.96 Å². The highest BCUT2D eigenvalue weighted by molar-refractivity contribution is 5.80. The summed E-state index contributed by atoms with van der Waals surface area (Å²) in [4.78, 5) is 9.23. The van der Waals surface area contributed by atoms with Crippen LogP contribution in [0.4, 0.5) is 5.69 Å². The van der Waals surface area contributed by atoms with Crippen molar-refractivity contribution in [3.05, 3.63) is 24.3 Å². The Labute approximate surface area is 156 Å². The number of guanidine groups is 1. The summed E-state index contributed by atoms with van der Waals surface area (Å²) in [6.07, 6.45) is 5.14. The third-order valence-electron chi connectivity index (χ3n) is 5.44. The summed E-state index contributed by atoms with van der Waals surface area (Å²) in [5.74, 6) is 1.23.